The predicted octanol–water partition coefficient (Wildman–Crippen LogP) is 1.50. The molecule has 0 bridgehead atoms. The molecule has 0 aromatic heterocycles. The van der Waals surface area contributed by atoms with E-state index in [0.717, 1.165) is 6.26 Å². The maximum atomic E-state index is 12.5. The Hall–Kier alpha value is -2.72. The van der Waals surface area contributed by atoms with Crippen LogP contribution < -0.4 is 5.32 Å². The molecule has 1 atom stereocenters. The fourth-order valence-electron chi connectivity index (χ4n) is 3.06. The first-order valence-electron chi connectivity index (χ1n) is 8.77. The number of sulfone groups is 1. The molecule has 2 amide bonds. The van der Waals surface area contributed by atoms with E-state index in [2.05, 4.69) is 5.32 Å². The van der Waals surface area contributed by atoms with E-state index in [1.54, 1.807) is 25.1 Å². The number of fused-ring (bicyclic) bond motifs is 1. The van der Waals surface area contributed by atoms with E-state index in [9.17, 15) is 26.4 Å². The minimum absolute atomic E-state index is 0.0512. The van der Waals surface area contributed by atoms with Gasteiger partial charge < -0.3 is 5.32 Å². The zero-order valence-electron chi connectivity index (χ0n) is 15.8. The van der Waals surface area contributed by atoms with Gasteiger partial charge in [-0.05, 0) is 36.8 Å². The first-order chi connectivity index (χ1) is 13.5. The monoisotopic (exact) mass is 436 g/mol. The van der Waals surface area contributed by atoms with Crippen LogP contribution in [-0.2, 0) is 24.7 Å². The number of sulfonamides is 1. The van der Waals surface area contributed by atoms with Crippen molar-refractivity contribution >= 4 is 31.7 Å². The van der Waals surface area contributed by atoms with E-state index in [1.807, 2.05) is 0 Å². The molecule has 1 aliphatic rings. The van der Waals surface area contributed by atoms with Gasteiger partial charge in [-0.1, -0.05) is 24.3 Å². The smallest absolute Gasteiger partial charge is 0.269 e. The van der Waals surface area contributed by atoms with E-state index in [4.69, 9.17) is 0 Å². The molecule has 0 saturated carbocycles. The summed E-state index contributed by atoms with van der Waals surface area (Å²) in [6.45, 7) is 1.46. The Morgan fingerprint density at radius 2 is 1.72 bits per heavy atom. The second kappa shape index (κ2) is 7.60. The Morgan fingerprint density at radius 3 is 2.31 bits per heavy atom. The number of carbonyl (C=O) groups excluding carboxylic acids is 2. The van der Waals surface area contributed by atoms with Crippen molar-refractivity contribution in [2.45, 2.75) is 29.2 Å². The summed E-state index contributed by atoms with van der Waals surface area (Å²) >= 11 is 0. The number of rotatable bonds is 6. The largest absolute Gasteiger partial charge is 0.350 e. The van der Waals surface area contributed by atoms with Gasteiger partial charge in [0, 0.05) is 19.2 Å². The van der Waals surface area contributed by atoms with Crippen molar-refractivity contribution in [2.24, 2.45) is 0 Å². The van der Waals surface area contributed by atoms with Crippen LogP contribution in [0.25, 0.3) is 0 Å². The molecule has 1 unspecified atom stereocenters. The van der Waals surface area contributed by atoms with Crippen LogP contribution in [0.4, 0.5) is 0 Å². The molecule has 2 aromatic carbocycles. The highest BCUT2D eigenvalue weighted by Gasteiger charge is 2.40. The lowest BCUT2D eigenvalue weighted by molar-refractivity contribution is -0.121. The molecule has 0 aliphatic carbocycles. The van der Waals surface area contributed by atoms with Crippen LogP contribution >= 0.6 is 0 Å². The third-order valence-electron chi connectivity index (χ3n) is 4.64. The minimum Gasteiger partial charge on any atom is -0.350 e. The van der Waals surface area contributed by atoms with E-state index in [0.29, 0.717) is 9.87 Å². The van der Waals surface area contributed by atoms with Gasteiger partial charge in [0.15, 0.2) is 9.84 Å². The number of benzene rings is 2. The fraction of sp³-hybridized carbons (Fsp3) is 0.263. The van der Waals surface area contributed by atoms with Crippen molar-refractivity contribution in [1.82, 2.24) is 9.62 Å². The average Bonchev–Trinajstić information content (AvgIpc) is 2.86. The molecule has 0 saturated heterocycles. The molecule has 154 valence electrons. The van der Waals surface area contributed by atoms with E-state index < -0.39 is 37.7 Å². The number of amides is 2. The molecule has 1 N–H and O–H groups in total. The highest BCUT2D eigenvalue weighted by Crippen LogP contribution is 2.29. The first kappa shape index (κ1) is 21.0. The number of nitrogens with zero attached hydrogens (tertiary/aromatic N) is 1. The molecule has 2 aromatic rings. The lowest BCUT2D eigenvalue weighted by atomic mass is 10.1. The van der Waals surface area contributed by atoms with Crippen LogP contribution in [0.3, 0.4) is 0 Å². The van der Waals surface area contributed by atoms with Gasteiger partial charge in [-0.15, -0.1) is 0 Å². The van der Waals surface area contributed by atoms with Crippen LogP contribution in [0.15, 0.2) is 58.3 Å². The Labute approximate surface area is 169 Å². The Balaban J connectivity index is 1.63. The van der Waals surface area contributed by atoms with Crippen LogP contribution in [0.2, 0.25) is 0 Å². The zero-order valence-corrected chi connectivity index (χ0v) is 17.5. The maximum Gasteiger partial charge on any atom is 0.269 e. The van der Waals surface area contributed by atoms with E-state index in [-0.39, 0.29) is 28.3 Å². The third-order valence-corrected chi connectivity index (χ3v) is 7.61. The van der Waals surface area contributed by atoms with Gasteiger partial charge in [0.25, 0.3) is 15.9 Å². The molecule has 0 fully saturated rings. The van der Waals surface area contributed by atoms with E-state index in [1.165, 1.54) is 30.3 Å². The number of carbonyl (C=O) groups is 2. The first-order valence-corrected chi connectivity index (χ1v) is 12.1. The van der Waals surface area contributed by atoms with Gasteiger partial charge in [0.2, 0.25) is 5.91 Å². The van der Waals surface area contributed by atoms with Gasteiger partial charge in [0.05, 0.1) is 16.5 Å². The molecular weight excluding hydrogens is 416 g/mol. The molecule has 10 heteroatoms. The van der Waals surface area contributed by atoms with Gasteiger partial charge in [-0.25, -0.2) is 21.1 Å². The third kappa shape index (κ3) is 4.18. The normalized spacial score (nSPS) is 16.3. The van der Waals surface area contributed by atoms with Crippen LogP contribution in [0, 0.1) is 0 Å². The summed E-state index contributed by atoms with van der Waals surface area (Å²) in [7, 11) is -7.25. The van der Waals surface area contributed by atoms with Crippen molar-refractivity contribution in [3.05, 3.63) is 59.7 Å². The lowest BCUT2D eigenvalue weighted by Crippen LogP contribution is -2.35. The summed E-state index contributed by atoms with van der Waals surface area (Å²) in [4.78, 5) is 24.7. The second-order valence-electron chi connectivity index (χ2n) is 6.76. The predicted molar refractivity (Wildman–Crippen MR) is 105 cm³/mol. The standard InChI is InChI=1S/C19H20N2O6S2/c1-13(14-7-9-15(10-8-14)28(2,24)25)20-18(22)11-12-21-19(23)16-5-3-4-6-17(16)29(21,26)27/h3-10,13H,11-12H2,1-2H3,(H,20,22). The summed E-state index contributed by atoms with van der Waals surface area (Å²) in [6.07, 6.45) is 0.921. The molecule has 8 nitrogen and oxygen atoms in total. The zero-order chi connectivity index (χ0) is 21.4. The molecule has 1 heterocycles. The molecule has 0 spiro atoms. The van der Waals surface area contributed by atoms with Gasteiger partial charge >= 0.3 is 0 Å². The Bertz CT molecular complexity index is 1170. The van der Waals surface area contributed by atoms with Crippen LogP contribution in [0.1, 0.15) is 35.3 Å². The Kier molecular flexibility index (Phi) is 5.50. The SMILES string of the molecule is CC(NC(=O)CCN1C(=O)c2ccccc2S1(=O)=O)c1ccc(S(C)(=O)=O)cc1. The van der Waals surface area contributed by atoms with Crippen molar-refractivity contribution in [2.75, 3.05) is 12.8 Å². The number of hydrogen-bond acceptors (Lipinski definition) is 6. The van der Waals surface area contributed by atoms with E-state index >= 15 is 0 Å². The quantitative estimate of drug-likeness (QED) is 0.733. The maximum absolute atomic E-state index is 12.5. The van der Waals surface area contributed by atoms with Gasteiger partial charge in [-0.3, -0.25) is 9.59 Å². The van der Waals surface area contributed by atoms with Crippen LogP contribution in [0.5, 0.6) is 0 Å². The highest BCUT2D eigenvalue weighted by atomic mass is 32.2. The molecule has 29 heavy (non-hydrogen) atoms. The molecular formula is C19H20N2O6S2. The summed E-state index contributed by atoms with van der Waals surface area (Å²) < 4.78 is 48.7. The van der Waals surface area contributed by atoms with Crippen molar-refractivity contribution in [3.8, 4) is 0 Å². The summed E-state index contributed by atoms with van der Waals surface area (Å²) in [6, 6.07) is 11.6. The lowest BCUT2D eigenvalue weighted by Gasteiger charge is -2.17. The Morgan fingerprint density at radius 1 is 1.10 bits per heavy atom. The van der Waals surface area contributed by atoms with Gasteiger partial charge in [0.1, 0.15) is 4.90 Å². The van der Waals surface area contributed by atoms with Crippen LogP contribution in [-0.4, -0.2) is 45.8 Å². The molecule has 3 rings (SSSR count). The van der Waals surface area contributed by atoms with Gasteiger partial charge in [-0.2, -0.15) is 0 Å². The number of nitrogens with one attached hydrogen (secondary N) is 1. The summed E-state index contributed by atoms with van der Waals surface area (Å²) in [5.74, 6) is -1.07. The summed E-state index contributed by atoms with van der Waals surface area (Å²) in [5, 5.41) is 2.72. The van der Waals surface area contributed by atoms with Crippen molar-refractivity contribution in [3.63, 3.8) is 0 Å². The molecule has 0 radical (unpaired) electrons. The average molecular weight is 437 g/mol. The minimum atomic E-state index is -3.94. The van der Waals surface area contributed by atoms with Crippen molar-refractivity contribution in [1.29, 1.82) is 0 Å². The fourth-order valence-corrected chi connectivity index (χ4v) is 5.26. The summed E-state index contributed by atoms with van der Waals surface area (Å²) in [5.41, 5.74) is 0.801. The molecule has 1 aliphatic heterocycles. The second-order valence-corrected chi connectivity index (χ2v) is 10.6. The highest BCUT2D eigenvalue weighted by molar-refractivity contribution is 7.90. The van der Waals surface area contributed by atoms with Crippen molar-refractivity contribution < 1.29 is 26.4 Å². The number of hydrogen-bond donors (Lipinski definition) is 1. The topological polar surface area (TPSA) is 118 Å².